The van der Waals surface area contributed by atoms with Gasteiger partial charge in [0.25, 0.3) is 0 Å². The van der Waals surface area contributed by atoms with Crippen molar-refractivity contribution in [1.29, 1.82) is 0 Å². The lowest BCUT2D eigenvalue weighted by Crippen LogP contribution is -2.16. The second-order valence-electron chi connectivity index (χ2n) is 7.91. The average Bonchev–Trinajstić information content (AvgIpc) is 3.30. The normalized spacial score (nSPS) is 18.7. The highest BCUT2D eigenvalue weighted by molar-refractivity contribution is 6.67. The molecule has 0 aromatic heterocycles. The summed E-state index contributed by atoms with van der Waals surface area (Å²) in [5.41, 5.74) is 0.376. The number of benzene rings is 2. The second-order valence-corrected chi connectivity index (χ2v) is 10.4. The van der Waals surface area contributed by atoms with Gasteiger partial charge in [-0.05, 0) is 35.2 Å². The lowest BCUT2D eigenvalue weighted by Gasteiger charge is -2.09. The van der Waals surface area contributed by atoms with Crippen LogP contribution >= 0.6 is 34.8 Å². The van der Waals surface area contributed by atoms with Crippen LogP contribution in [0.1, 0.15) is 19.4 Å². The summed E-state index contributed by atoms with van der Waals surface area (Å²) in [7, 11) is 0. The van der Waals surface area contributed by atoms with E-state index in [2.05, 4.69) is 11.8 Å². The van der Waals surface area contributed by atoms with Crippen LogP contribution in [0.4, 0.5) is 0 Å². The Balaban J connectivity index is 1.53. The summed E-state index contributed by atoms with van der Waals surface area (Å²) < 4.78 is 14.4. The minimum absolute atomic E-state index is 0.100. The van der Waals surface area contributed by atoms with Crippen LogP contribution in [0.2, 0.25) is 0 Å². The number of carbonyl (C=O) groups is 2. The van der Waals surface area contributed by atoms with Crippen LogP contribution in [0.15, 0.2) is 54.6 Å². The van der Waals surface area contributed by atoms with Crippen molar-refractivity contribution in [3.8, 4) is 23.3 Å². The maximum Gasteiger partial charge on any atom is 0.384 e. The fourth-order valence-electron chi connectivity index (χ4n) is 3.23. The SMILES string of the molecule is CC1(C)[C@H](C(=O)OCc2cccc(Oc3ccccc3)c2)[C@@H]1C#CC(=O)OCC(Cl)(Cl)Cl. The van der Waals surface area contributed by atoms with Gasteiger partial charge in [0.15, 0.2) is 0 Å². The van der Waals surface area contributed by atoms with Gasteiger partial charge in [-0.2, -0.15) is 0 Å². The fourth-order valence-corrected chi connectivity index (χ4v) is 3.40. The van der Waals surface area contributed by atoms with Crippen LogP contribution in [0.5, 0.6) is 11.5 Å². The molecule has 1 saturated carbocycles. The van der Waals surface area contributed by atoms with Gasteiger partial charge in [0, 0.05) is 11.8 Å². The monoisotopic (exact) mass is 494 g/mol. The molecule has 5 nitrogen and oxygen atoms in total. The third-order valence-electron chi connectivity index (χ3n) is 5.04. The summed E-state index contributed by atoms with van der Waals surface area (Å²) in [5, 5.41) is 0. The Kier molecular flexibility index (Phi) is 7.61. The number of esters is 2. The van der Waals surface area contributed by atoms with Gasteiger partial charge in [0.05, 0.1) is 5.92 Å². The summed E-state index contributed by atoms with van der Waals surface area (Å²) in [5.74, 6) is 4.52. The maximum absolute atomic E-state index is 12.6. The molecule has 1 aliphatic carbocycles. The molecule has 0 saturated heterocycles. The highest BCUT2D eigenvalue weighted by Gasteiger charge is 2.62. The predicted molar refractivity (Wildman–Crippen MR) is 123 cm³/mol. The van der Waals surface area contributed by atoms with E-state index in [1.807, 2.05) is 68.4 Å². The van der Waals surface area contributed by atoms with Crippen molar-refractivity contribution >= 4 is 46.7 Å². The highest BCUT2D eigenvalue weighted by Crippen LogP contribution is 2.58. The molecule has 2 atom stereocenters. The molecule has 2 aromatic carbocycles. The highest BCUT2D eigenvalue weighted by atomic mass is 35.6. The predicted octanol–water partition coefficient (Wildman–Crippen LogP) is 5.71. The summed E-state index contributed by atoms with van der Waals surface area (Å²) in [6.45, 7) is 3.47. The molecule has 0 spiro atoms. The first-order valence-corrected chi connectivity index (χ1v) is 10.9. The van der Waals surface area contributed by atoms with Gasteiger partial charge in [-0.15, -0.1) is 0 Å². The van der Waals surface area contributed by atoms with Crippen LogP contribution in [-0.2, 0) is 25.7 Å². The number of hydrogen-bond donors (Lipinski definition) is 0. The average molecular weight is 496 g/mol. The molecule has 0 N–H and O–H groups in total. The van der Waals surface area contributed by atoms with E-state index in [4.69, 9.17) is 49.0 Å². The van der Waals surface area contributed by atoms with Crippen LogP contribution in [-0.4, -0.2) is 22.3 Å². The number of carbonyl (C=O) groups excluding carboxylic acids is 2. The number of halogens is 3. The van der Waals surface area contributed by atoms with Gasteiger partial charge in [0.2, 0.25) is 3.79 Å². The Hall–Kier alpha value is -2.39. The standard InChI is InChI=1S/C24H21Cl3O5/c1-23(2)19(11-12-20(28)31-15-24(25,26)27)21(23)22(29)30-14-16-7-6-10-18(13-16)32-17-8-4-3-5-9-17/h3-10,13,19,21H,14-15H2,1-2H3/t19-,21-/m0/s1. The first-order valence-electron chi connectivity index (χ1n) is 9.80. The zero-order valence-corrected chi connectivity index (χ0v) is 19.7. The van der Waals surface area contributed by atoms with E-state index in [0.717, 1.165) is 11.3 Å². The van der Waals surface area contributed by atoms with Crippen molar-refractivity contribution in [3.63, 3.8) is 0 Å². The Labute approximate surface area is 201 Å². The molecule has 0 amide bonds. The van der Waals surface area contributed by atoms with Crippen LogP contribution in [0, 0.1) is 29.1 Å². The van der Waals surface area contributed by atoms with Gasteiger partial charge in [-0.25, -0.2) is 4.79 Å². The van der Waals surface area contributed by atoms with E-state index in [1.165, 1.54) is 0 Å². The maximum atomic E-state index is 12.6. The topological polar surface area (TPSA) is 61.8 Å². The molecule has 168 valence electrons. The van der Waals surface area contributed by atoms with Crippen molar-refractivity contribution in [2.24, 2.45) is 17.3 Å². The Morgan fingerprint density at radius 2 is 1.69 bits per heavy atom. The molecule has 2 aromatic rings. The molecule has 0 radical (unpaired) electrons. The summed E-state index contributed by atoms with van der Waals surface area (Å²) >= 11 is 16.6. The van der Waals surface area contributed by atoms with Crippen LogP contribution < -0.4 is 4.74 Å². The molecule has 1 aliphatic rings. The van der Waals surface area contributed by atoms with E-state index in [9.17, 15) is 9.59 Å². The van der Waals surface area contributed by atoms with Gasteiger partial charge >= 0.3 is 11.9 Å². The number of hydrogen-bond acceptors (Lipinski definition) is 5. The van der Waals surface area contributed by atoms with Crippen molar-refractivity contribution in [2.45, 2.75) is 24.2 Å². The Morgan fingerprint density at radius 3 is 2.38 bits per heavy atom. The largest absolute Gasteiger partial charge is 0.461 e. The Bertz CT molecular complexity index is 1030. The first-order chi connectivity index (χ1) is 15.1. The zero-order chi connectivity index (χ0) is 23.4. The lowest BCUT2D eigenvalue weighted by atomic mass is 10.1. The van der Waals surface area contributed by atoms with Crippen LogP contribution in [0.3, 0.4) is 0 Å². The summed E-state index contributed by atoms with van der Waals surface area (Å²) in [4.78, 5) is 24.3. The molecule has 3 rings (SSSR count). The van der Waals surface area contributed by atoms with E-state index < -0.39 is 27.7 Å². The fraction of sp³-hybridized carbons (Fsp3) is 0.333. The lowest BCUT2D eigenvalue weighted by molar-refractivity contribution is -0.147. The molecule has 0 heterocycles. The van der Waals surface area contributed by atoms with Gasteiger partial charge in [0.1, 0.15) is 24.7 Å². The van der Waals surface area contributed by atoms with E-state index in [1.54, 1.807) is 0 Å². The molecular weight excluding hydrogens is 475 g/mol. The number of ether oxygens (including phenoxy) is 3. The second kappa shape index (κ2) is 10.0. The van der Waals surface area contributed by atoms with Crippen LogP contribution in [0.25, 0.3) is 0 Å². The third-order valence-corrected chi connectivity index (χ3v) is 5.36. The quantitative estimate of drug-likeness (QED) is 0.222. The Morgan fingerprint density at radius 1 is 1.00 bits per heavy atom. The number of rotatable bonds is 6. The van der Waals surface area contributed by atoms with E-state index in [0.29, 0.717) is 5.75 Å². The van der Waals surface area contributed by atoms with Crippen molar-refractivity contribution in [2.75, 3.05) is 6.61 Å². The molecule has 1 fully saturated rings. The van der Waals surface area contributed by atoms with Gasteiger partial charge in [-0.1, -0.05) is 84.9 Å². The summed E-state index contributed by atoms with van der Waals surface area (Å²) in [6.07, 6.45) is 0. The molecule has 0 bridgehead atoms. The van der Waals surface area contributed by atoms with E-state index >= 15 is 0 Å². The molecule has 0 aliphatic heterocycles. The van der Waals surface area contributed by atoms with Crippen molar-refractivity contribution < 1.29 is 23.8 Å². The van der Waals surface area contributed by atoms with E-state index in [-0.39, 0.29) is 18.5 Å². The van der Waals surface area contributed by atoms with Crippen molar-refractivity contribution in [3.05, 3.63) is 60.2 Å². The van der Waals surface area contributed by atoms with Gasteiger partial charge in [-0.3, -0.25) is 4.79 Å². The molecule has 8 heteroatoms. The smallest absolute Gasteiger partial charge is 0.384 e. The number of alkyl halides is 3. The molecule has 32 heavy (non-hydrogen) atoms. The number of para-hydroxylation sites is 1. The van der Waals surface area contributed by atoms with Crippen molar-refractivity contribution in [1.82, 2.24) is 0 Å². The van der Waals surface area contributed by atoms with Gasteiger partial charge < -0.3 is 14.2 Å². The first kappa shape index (κ1) is 24.3. The zero-order valence-electron chi connectivity index (χ0n) is 17.4. The molecule has 0 unspecified atom stereocenters. The minimum atomic E-state index is -1.70. The summed E-state index contributed by atoms with van der Waals surface area (Å²) in [6, 6.07) is 16.7. The molecular formula is C24H21Cl3O5. The third kappa shape index (κ3) is 6.80. The minimum Gasteiger partial charge on any atom is -0.461 e.